The highest BCUT2D eigenvalue weighted by molar-refractivity contribution is 7.09. The van der Waals surface area contributed by atoms with Crippen LogP contribution >= 0.6 is 11.5 Å². The molecule has 138 valence electrons. The second-order valence-corrected chi connectivity index (χ2v) is 7.29. The van der Waals surface area contributed by atoms with Crippen molar-refractivity contribution in [2.24, 2.45) is 0 Å². The van der Waals surface area contributed by atoms with E-state index in [0.29, 0.717) is 18.9 Å². The molecule has 1 aromatic heterocycles. The lowest BCUT2D eigenvalue weighted by Gasteiger charge is -2.31. The van der Waals surface area contributed by atoms with Gasteiger partial charge in [-0.25, -0.2) is 13.8 Å². The maximum Gasteiger partial charge on any atom is 0.256 e. The highest BCUT2D eigenvalue weighted by Gasteiger charge is 2.29. The number of aromatic nitrogens is 2. The van der Waals surface area contributed by atoms with Gasteiger partial charge in [0, 0.05) is 24.6 Å². The average Bonchev–Trinajstić information content (AvgIpc) is 3.19. The smallest absolute Gasteiger partial charge is 0.256 e. The van der Waals surface area contributed by atoms with Gasteiger partial charge in [-0.05, 0) is 60.8 Å². The molecule has 7 heteroatoms. The first-order valence-electron chi connectivity index (χ1n) is 8.75. The van der Waals surface area contributed by atoms with E-state index in [2.05, 4.69) is 9.36 Å². The first kappa shape index (κ1) is 17.7. The molecule has 0 N–H and O–H groups in total. The van der Waals surface area contributed by atoms with Gasteiger partial charge in [0.1, 0.15) is 22.5 Å². The lowest BCUT2D eigenvalue weighted by Crippen LogP contribution is -2.39. The van der Waals surface area contributed by atoms with Crippen molar-refractivity contribution in [3.8, 4) is 10.6 Å². The molecule has 0 spiro atoms. The fraction of sp³-hybridized carbons (Fsp3) is 0.250. The Bertz CT molecular complexity index is 958. The first-order chi connectivity index (χ1) is 13.1. The van der Waals surface area contributed by atoms with Gasteiger partial charge < -0.3 is 4.90 Å². The zero-order valence-electron chi connectivity index (χ0n) is 14.4. The number of hydrogen-bond donors (Lipinski definition) is 0. The van der Waals surface area contributed by atoms with Crippen molar-refractivity contribution in [1.29, 1.82) is 0 Å². The number of hydrogen-bond acceptors (Lipinski definition) is 4. The molecule has 0 radical (unpaired) electrons. The summed E-state index contributed by atoms with van der Waals surface area (Å²) in [5, 5.41) is 0.725. The van der Waals surface area contributed by atoms with Crippen LogP contribution in [0.15, 0.2) is 48.5 Å². The number of halogens is 2. The van der Waals surface area contributed by atoms with Crippen LogP contribution in [0.3, 0.4) is 0 Å². The molecule has 0 aliphatic carbocycles. The number of nitrogens with zero attached hydrogens (tertiary/aromatic N) is 3. The molecule has 4 nitrogen and oxygen atoms in total. The third kappa shape index (κ3) is 3.73. The van der Waals surface area contributed by atoms with Crippen molar-refractivity contribution in [1.82, 2.24) is 14.3 Å². The third-order valence-electron chi connectivity index (χ3n) is 4.71. The molecule has 2 heterocycles. The molecule has 1 aliphatic rings. The van der Waals surface area contributed by atoms with Gasteiger partial charge in [0.2, 0.25) is 0 Å². The van der Waals surface area contributed by atoms with Crippen LogP contribution in [0.4, 0.5) is 8.78 Å². The minimum atomic E-state index is -0.505. The van der Waals surface area contributed by atoms with Crippen molar-refractivity contribution < 1.29 is 13.6 Å². The summed E-state index contributed by atoms with van der Waals surface area (Å²) < 4.78 is 31.5. The lowest BCUT2D eigenvalue weighted by atomic mass is 9.96. The maximum absolute atomic E-state index is 13.9. The number of carbonyl (C=O) groups is 1. The second kappa shape index (κ2) is 7.52. The summed E-state index contributed by atoms with van der Waals surface area (Å²) in [5.41, 5.74) is 0.909. The minimum Gasteiger partial charge on any atom is -0.338 e. The molecule has 4 rings (SSSR count). The van der Waals surface area contributed by atoms with Crippen LogP contribution in [0.25, 0.3) is 10.6 Å². The van der Waals surface area contributed by atoms with Gasteiger partial charge in [0.25, 0.3) is 5.91 Å². The summed E-state index contributed by atoms with van der Waals surface area (Å²) in [6.45, 7) is 1.06. The third-order valence-corrected chi connectivity index (χ3v) is 5.49. The van der Waals surface area contributed by atoms with E-state index in [0.717, 1.165) is 23.4 Å². The van der Waals surface area contributed by atoms with Crippen molar-refractivity contribution in [2.75, 3.05) is 13.1 Å². The topological polar surface area (TPSA) is 46.1 Å². The normalized spacial score (nSPS) is 17.1. The van der Waals surface area contributed by atoms with E-state index < -0.39 is 5.82 Å². The van der Waals surface area contributed by atoms with Crippen LogP contribution < -0.4 is 0 Å². The summed E-state index contributed by atoms with van der Waals surface area (Å²) in [6.07, 6.45) is 1.69. The quantitative estimate of drug-likeness (QED) is 0.667. The molecule has 2 aromatic carbocycles. The molecular formula is C20H17F2N3OS. The van der Waals surface area contributed by atoms with E-state index in [1.807, 2.05) is 0 Å². The van der Waals surface area contributed by atoms with Gasteiger partial charge in [-0.3, -0.25) is 4.79 Å². The van der Waals surface area contributed by atoms with E-state index in [1.54, 1.807) is 29.2 Å². The molecule has 1 aliphatic heterocycles. The number of rotatable bonds is 3. The van der Waals surface area contributed by atoms with Crippen molar-refractivity contribution in [2.45, 2.75) is 18.8 Å². The Labute approximate surface area is 159 Å². The van der Waals surface area contributed by atoms with E-state index in [1.165, 1.54) is 35.8 Å². The molecule has 1 fully saturated rings. The van der Waals surface area contributed by atoms with Crippen LogP contribution in [-0.2, 0) is 0 Å². The van der Waals surface area contributed by atoms with Gasteiger partial charge in [-0.1, -0.05) is 12.1 Å². The molecule has 1 unspecified atom stereocenters. The standard InChI is InChI=1S/C20H17F2N3OS/c21-15-9-7-13(8-10-15)19-23-18(24-27-19)14-4-3-11-25(12-14)20(26)16-5-1-2-6-17(16)22/h1-2,5-10,14H,3-4,11-12H2. The summed E-state index contributed by atoms with van der Waals surface area (Å²) in [6, 6.07) is 12.2. The Morgan fingerprint density at radius 2 is 1.89 bits per heavy atom. The summed E-state index contributed by atoms with van der Waals surface area (Å²) in [5.74, 6) is -0.398. The highest BCUT2D eigenvalue weighted by Crippen LogP contribution is 2.30. The fourth-order valence-electron chi connectivity index (χ4n) is 3.29. The monoisotopic (exact) mass is 385 g/mol. The van der Waals surface area contributed by atoms with E-state index in [9.17, 15) is 13.6 Å². The summed E-state index contributed by atoms with van der Waals surface area (Å²) in [4.78, 5) is 18.9. The molecule has 0 saturated carbocycles. The van der Waals surface area contributed by atoms with Crippen LogP contribution in [-0.4, -0.2) is 33.3 Å². The molecule has 27 heavy (non-hydrogen) atoms. The molecule has 3 aromatic rings. The molecule has 0 bridgehead atoms. The van der Waals surface area contributed by atoms with E-state index in [4.69, 9.17) is 0 Å². The molecule has 1 amide bonds. The van der Waals surface area contributed by atoms with Crippen molar-refractivity contribution in [3.63, 3.8) is 0 Å². The Hall–Kier alpha value is -2.67. The fourth-order valence-corrected chi connectivity index (χ4v) is 4.03. The Morgan fingerprint density at radius 3 is 2.67 bits per heavy atom. The van der Waals surface area contributed by atoms with E-state index in [-0.39, 0.29) is 23.2 Å². The SMILES string of the molecule is O=C(c1ccccc1F)N1CCCC(c2nsc(-c3ccc(F)cc3)n2)C1. The highest BCUT2D eigenvalue weighted by atomic mass is 32.1. The van der Waals surface area contributed by atoms with Crippen LogP contribution in [0.1, 0.15) is 34.9 Å². The van der Waals surface area contributed by atoms with Crippen LogP contribution in [0, 0.1) is 11.6 Å². The van der Waals surface area contributed by atoms with Gasteiger partial charge in [-0.2, -0.15) is 4.37 Å². The predicted molar refractivity (Wildman–Crippen MR) is 99.6 cm³/mol. The first-order valence-corrected chi connectivity index (χ1v) is 9.52. The molecular weight excluding hydrogens is 368 g/mol. The van der Waals surface area contributed by atoms with Crippen LogP contribution in [0.5, 0.6) is 0 Å². The largest absolute Gasteiger partial charge is 0.338 e. The number of carbonyl (C=O) groups excluding carboxylic acids is 1. The zero-order chi connectivity index (χ0) is 18.8. The molecule has 1 saturated heterocycles. The number of amides is 1. The maximum atomic E-state index is 13.9. The van der Waals surface area contributed by atoms with Crippen molar-refractivity contribution >= 4 is 17.4 Å². The zero-order valence-corrected chi connectivity index (χ0v) is 15.3. The predicted octanol–water partition coefficient (Wildman–Crippen LogP) is 4.50. The minimum absolute atomic E-state index is 0.0138. The van der Waals surface area contributed by atoms with Gasteiger partial charge >= 0.3 is 0 Å². The Kier molecular flexibility index (Phi) is 4.94. The number of likely N-dealkylation sites (tertiary alicyclic amines) is 1. The molecule has 1 atom stereocenters. The number of piperidine rings is 1. The lowest BCUT2D eigenvalue weighted by molar-refractivity contribution is 0.0700. The summed E-state index contributed by atoms with van der Waals surface area (Å²) in [7, 11) is 0. The van der Waals surface area contributed by atoms with Gasteiger partial charge in [0.15, 0.2) is 0 Å². The van der Waals surface area contributed by atoms with Gasteiger partial charge in [0.05, 0.1) is 5.56 Å². The average molecular weight is 385 g/mol. The number of benzene rings is 2. The summed E-state index contributed by atoms with van der Waals surface area (Å²) >= 11 is 1.26. The van der Waals surface area contributed by atoms with E-state index >= 15 is 0 Å². The Morgan fingerprint density at radius 1 is 1.11 bits per heavy atom. The second-order valence-electron chi connectivity index (χ2n) is 6.53. The van der Waals surface area contributed by atoms with Gasteiger partial charge in [-0.15, -0.1) is 0 Å². The Balaban J connectivity index is 1.51. The van der Waals surface area contributed by atoms with Crippen LogP contribution in [0.2, 0.25) is 0 Å². The van der Waals surface area contributed by atoms with Crippen molar-refractivity contribution in [3.05, 3.63) is 71.6 Å².